The van der Waals surface area contributed by atoms with Gasteiger partial charge < -0.3 is 4.74 Å². The minimum Gasteiger partial charge on any atom is -0.378 e. The van der Waals surface area contributed by atoms with Gasteiger partial charge in [0, 0.05) is 7.11 Å². The van der Waals surface area contributed by atoms with Crippen molar-refractivity contribution in [1.82, 2.24) is 0 Å². The van der Waals surface area contributed by atoms with Crippen LogP contribution >= 0.6 is 0 Å². The molecule has 1 heteroatoms. The van der Waals surface area contributed by atoms with Gasteiger partial charge in [-0.1, -0.05) is 20.8 Å². The molecule has 1 spiro atoms. The van der Waals surface area contributed by atoms with Gasteiger partial charge in [-0.05, 0) is 67.6 Å². The maximum Gasteiger partial charge on any atom is 0.0684 e. The highest BCUT2D eigenvalue weighted by molar-refractivity contribution is 5.17. The second-order valence-corrected chi connectivity index (χ2v) is 7.86. The molecular formula is C16H28O. The van der Waals surface area contributed by atoms with Crippen LogP contribution in [0.15, 0.2) is 0 Å². The molecule has 3 rings (SSSR count). The third kappa shape index (κ3) is 1.25. The third-order valence-electron chi connectivity index (χ3n) is 7.23. The Hall–Kier alpha value is -0.0400. The van der Waals surface area contributed by atoms with Crippen LogP contribution in [0.5, 0.6) is 0 Å². The Morgan fingerprint density at radius 3 is 2.35 bits per heavy atom. The first-order valence-electron chi connectivity index (χ1n) is 7.42. The maximum absolute atomic E-state index is 5.94. The first-order chi connectivity index (χ1) is 7.87. The summed E-state index contributed by atoms with van der Waals surface area (Å²) in [5.41, 5.74) is 1.29. The number of ether oxygens (including phenoxy) is 1. The van der Waals surface area contributed by atoms with Crippen LogP contribution in [0.1, 0.15) is 59.8 Å². The van der Waals surface area contributed by atoms with Crippen molar-refractivity contribution >= 4 is 0 Å². The summed E-state index contributed by atoms with van der Waals surface area (Å²) >= 11 is 0. The van der Waals surface area contributed by atoms with Crippen LogP contribution in [0.3, 0.4) is 0 Å². The molecule has 1 nitrogen and oxygen atoms in total. The zero-order valence-corrected chi connectivity index (χ0v) is 12.2. The highest BCUT2D eigenvalue weighted by Gasteiger charge is 2.68. The molecule has 0 heterocycles. The van der Waals surface area contributed by atoms with Gasteiger partial charge in [0.2, 0.25) is 0 Å². The van der Waals surface area contributed by atoms with E-state index in [-0.39, 0.29) is 5.60 Å². The number of fused-ring (bicyclic) bond motifs is 1. The highest BCUT2D eigenvalue weighted by Crippen LogP contribution is 2.73. The van der Waals surface area contributed by atoms with E-state index in [1.165, 1.54) is 32.1 Å². The molecule has 3 fully saturated rings. The minimum absolute atomic E-state index is 0.138. The Balaban J connectivity index is 2.04. The molecule has 0 aromatic carbocycles. The second-order valence-electron chi connectivity index (χ2n) is 7.86. The van der Waals surface area contributed by atoms with E-state index in [9.17, 15) is 0 Å². The van der Waals surface area contributed by atoms with E-state index in [4.69, 9.17) is 4.74 Å². The van der Waals surface area contributed by atoms with E-state index < -0.39 is 0 Å². The molecule has 0 radical (unpaired) electrons. The van der Waals surface area contributed by atoms with E-state index in [0.717, 1.165) is 17.8 Å². The van der Waals surface area contributed by atoms with E-state index in [1.807, 2.05) is 7.11 Å². The molecule has 2 bridgehead atoms. The molecule has 0 aliphatic heterocycles. The summed E-state index contributed by atoms with van der Waals surface area (Å²) in [7, 11) is 1.92. The topological polar surface area (TPSA) is 9.23 Å². The van der Waals surface area contributed by atoms with Gasteiger partial charge in [0.25, 0.3) is 0 Å². The Kier molecular flexibility index (Phi) is 2.32. The lowest BCUT2D eigenvalue weighted by Crippen LogP contribution is -2.45. The molecular weight excluding hydrogens is 208 g/mol. The van der Waals surface area contributed by atoms with Gasteiger partial charge in [-0.25, -0.2) is 0 Å². The molecule has 3 aliphatic carbocycles. The van der Waals surface area contributed by atoms with Crippen molar-refractivity contribution in [3.63, 3.8) is 0 Å². The molecule has 17 heavy (non-hydrogen) atoms. The summed E-state index contributed by atoms with van der Waals surface area (Å²) in [6, 6.07) is 0. The largest absolute Gasteiger partial charge is 0.378 e. The van der Waals surface area contributed by atoms with Gasteiger partial charge in [-0.15, -0.1) is 0 Å². The van der Waals surface area contributed by atoms with Gasteiger partial charge in [-0.2, -0.15) is 0 Å². The van der Waals surface area contributed by atoms with Crippen LogP contribution in [0, 0.1) is 28.6 Å². The van der Waals surface area contributed by atoms with E-state index >= 15 is 0 Å². The zero-order chi connectivity index (χ0) is 12.5. The molecule has 98 valence electrons. The number of methoxy groups -OCH3 is 1. The fraction of sp³-hybridized carbons (Fsp3) is 1.00. The molecule has 0 aromatic heterocycles. The summed E-state index contributed by atoms with van der Waals surface area (Å²) in [5.74, 6) is 2.66. The first kappa shape index (κ1) is 12.0. The van der Waals surface area contributed by atoms with Crippen molar-refractivity contribution in [2.45, 2.75) is 65.4 Å². The Morgan fingerprint density at radius 1 is 1.00 bits per heavy atom. The molecule has 5 atom stereocenters. The SMILES string of the molecule is CO[C@]1(C)CC[C@@]23C[C@@H]1C(C)(C)[C@@H]2CC[C@@H]3C. The van der Waals surface area contributed by atoms with Crippen molar-refractivity contribution in [2.75, 3.05) is 7.11 Å². The van der Waals surface area contributed by atoms with Crippen LogP contribution in [0.2, 0.25) is 0 Å². The Morgan fingerprint density at radius 2 is 1.71 bits per heavy atom. The number of rotatable bonds is 1. The first-order valence-corrected chi connectivity index (χ1v) is 7.42. The van der Waals surface area contributed by atoms with Crippen LogP contribution in [0.4, 0.5) is 0 Å². The lowest BCUT2D eigenvalue weighted by Gasteiger charge is -2.46. The van der Waals surface area contributed by atoms with Crippen LogP contribution in [0.25, 0.3) is 0 Å². The minimum atomic E-state index is 0.138. The summed E-state index contributed by atoms with van der Waals surface area (Å²) in [6.45, 7) is 9.90. The Bertz CT molecular complexity index is 334. The summed E-state index contributed by atoms with van der Waals surface area (Å²) in [4.78, 5) is 0. The lowest BCUT2D eigenvalue weighted by molar-refractivity contribution is -0.100. The number of hydrogen-bond donors (Lipinski definition) is 0. The Labute approximate surface area is 106 Å². The third-order valence-corrected chi connectivity index (χ3v) is 7.23. The highest BCUT2D eigenvalue weighted by atomic mass is 16.5. The van der Waals surface area contributed by atoms with Gasteiger partial charge >= 0.3 is 0 Å². The van der Waals surface area contributed by atoms with Crippen LogP contribution < -0.4 is 0 Å². The molecule has 0 N–H and O–H groups in total. The fourth-order valence-corrected chi connectivity index (χ4v) is 6.10. The smallest absolute Gasteiger partial charge is 0.0684 e. The normalized spacial score (nSPS) is 55.9. The van der Waals surface area contributed by atoms with Crippen molar-refractivity contribution in [3.05, 3.63) is 0 Å². The number of hydrogen-bond acceptors (Lipinski definition) is 1. The summed E-state index contributed by atoms with van der Waals surface area (Å²) in [5, 5.41) is 0. The molecule has 0 saturated heterocycles. The monoisotopic (exact) mass is 236 g/mol. The quantitative estimate of drug-likeness (QED) is 0.661. The van der Waals surface area contributed by atoms with Gasteiger partial charge in [0.15, 0.2) is 0 Å². The summed E-state index contributed by atoms with van der Waals surface area (Å²) in [6.07, 6.45) is 7.03. The van der Waals surface area contributed by atoms with Gasteiger partial charge in [-0.3, -0.25) is 0 Å². The zero-order valence-electron chi connectivity index (χ0n) is 12.2. The van der Waals surface area contributed by atoms with E-state index in [0.29, 0.717) is 10.8 Å². The van der Waals surface area contributed by atoms with Crippen LogP contribution in [-0.2, 0) is 4.74 Å². The molecule has 0 unspecified atom stereocenters. The van der Waals surface area contributed by atoms with Gasteiger partial charge in [0.1, 0.15) is 0 Å². The summed E-state index contributed by atoms with van der Waals surface area (Å²) < 4.78 is 5.94. The molecule has 0 aromatic rings. The van der Waals surface area contributed by atoms with E-state index in [2.05, 4.69) is 27.7 Å². The van der Waals surface area contributed by atoms with Gasteiger partial charge in [0.05, 0.1) is 5.60 Å². The average molecular weight is 236 g/mol. The lowest BCUT2D eigenvalue weighted by atomic mass is 9.64. The van der Waals surface area contributed by atoms with Crippen molar-refractivity contribution in [3.8, 4) is 0 Å². The van der Waals surface area contributed by atoms with Crippen molar-refractivity contribution in [1.29, 1.82) is 0 Å². The average Bonchev–Trinajstić information content (AvgIpc) is 2.70. The fourth-order valence-electron chi connectivity index (χ4n) is 6.10. The molecule has 3 saturated carbocycles. The van der Waals surface area contributed by atoms with E-state index in [1.54, 1.807) is 0 Å². The van der Waals surface area contributed by atoms with Crippen molar-refractivity contribution in [2.24, 2.45) is 28.6 Å². The predicted molar refractivity (Wildman–Crippen MR) is 70.9 cm³/mol. The molecule has 0 amide bonds. The predicted octanol–water partition coefficient (Wildman–Crippen LogP) is 4.26. The van der Waals surface area contributed by atoms with Crippen LogP contribution in [-0.4, -0.2) is 12.7 Å². The second kappa shape index (κ2) is 3.29. The standard InChI is InChI=1S/C16H28O/c1-11-6-7-12-14(2,3)13-10-16(11,12)9-8-15(13,4)17-5/h11-13H,6-10H2,1-5H3/t11-,12-,13+,15+,16-/m0/s1. The molecule has 3 aliphatic rings. The maximum atomic E-state index is 5.94. The van der Waals surface area contributed by atoms with Crippen molar-refractivity contribution < 1.29 is 4.74 Å².